The molecule has 1 aromatic rings. The lowest BCUT2D eigenvalue weighted by molar-refractivity contribution is -0.132. The normalized spacial score (nSPS) is 22.2. The first-order chi connectivity index (χ1) is 11.2. The summed E-state index contributed by atoms with van der Waals surface area (Å²) in [6.45, 7) is 2.02. The second-order valence-corrected chi connectivity index (χ2v) is 7.16. The summed E-state index contributed by atoms with van der Waals surface area (Å²) in [4.78, 5) is 25.6. The minimum absolute atomic E-state index is 0.213. The van der Waals surface area contributed by atoms with Crippen LogP contribution in [0.4, 0.5) is 11.6 Å². The van der Waals surface area contributed by atoms with Crippen molar-refractivity contribution in [2.75, 3.05) is 30.4 Å². The molecule has 0 spiro atoms. The maximum Gasteiger partial charge on any atom is 0.242 e. The minimum atomic E-state index is 0.213. The van der Waals surface area contributed by atoms with Crippen molar-refractivity contribution >= 4 is 17.5 Å². The van der Waals surface area contributed by atoms with Crippen LogP contribution in [-0.2, 0) is 11.3 Å². The Hall–Kier alpha value is -1.85. The number of hydrogen-bond donors (Lipinski definition) is 1. The van der Waals surface area contributed by atoms with Gasteiger partial charge in [-0.2, -0.15) is 0 Å². The van der Waals surface area contributed by atoms with E-state index in [0.717, 1.165) is 42.5 Å². The summed E-state index contributed by atoms with van der Waals surface area (Å²) in [5, 5.41) is 3.49. The van der Waals surface area contributed by atoms with Gasteiger partial charge in [0, 0.05) is 19.6 Å². The summed E-state index contributed by atoms with van der Waals surface area (Å²) in [7, 11) is 1.95. The quantitative estimate of drug-likeness (QED) is 0.921. The van der Waals surface area contributed by atoms with Crippen LogP contribution in [0.2, 0.25) is 0 Å². The van der Waals surface area contributed by atoms with Gasteiger partial charge in [-0.25, -0.2) is 9.97 Å². The first-order valence-electron chi connectivity index (χ1n) is 8.80. The van der Waals surface area contributed by atoms with E-state index in [2.05, 4.69) is 20.2 Å². The Bertz CT molecular complexity index is 595. The van der Waals surface area contributed by atoms with Gasteiger partial charge in [-0.15, -0.1) is 0 Å². The molecule has 0 radical (unpaired) electrons. The SMILES string of the molecule is CN1CC(=O)N(C2CCCC2)Cc2c(NCC3CC3)ncnc21. The Morgan fingerprint density at radius 3 is 2.70 bits per heavy atom. The molecule has 2 fully saturated rings. The number of carbonyl (C=O) groups excluding carboxylic acids is 1. The highest BCUT2D eigenvalue weighted by molar-refractivity contribution is 5.84. The number of likely N-dealkylation sites (N-methyl/N-ethyl adjacent to an activating group) is 1. The van der Waals surface area contributed by atoms with Gasteiger partial charge in [0.2, 0.25) is 5.91 Å². The van der Waals surface area contributed by atoms with E-state index >= 15 is 0 Å². The van der Waals surface area contributed by atoms with Gasteiger partial charge in [0.05, 0.1) is 18.7 Å². The largest absolute Gasteiger partial charge is 0.369 e. The predicted molar refractivity (Wildman–Crippen MR) is 89.3 cm³/mol. The molecule has 1 aliphatic heterocycles. The van der Waals surface area contributed by atoms with Crippen molar-refractivity contribution < 1.29 is 4.79 Å². The van der Waals surface area contributed by atoms with Gasteiger partial charge in [-0.05, 0) is 31.6 Å². The van der Waals surface area contributed by atoms with Gasteiger partial charge >= 0.3 is 0 Å². The molecule has 0 aromatic carbocycles. The molecule has 0 atom stereocenters. The van der Waals surface area contributed by atoms with Crippen LogP contribution in [-0.4, -0.2) is 47.0 Å². The Morgan fingerprint density at radius 1 is 1.17 bits per heavy atom. The number of fused-ring (bicyclic) bond motifs is 1. The molecule has 124 valence electrons. The monoisotopic (exact) mass is 315 g/mol. The zero-order chi connectivity index (χ0) is 15.8. The highest BCUT2D eigenvalue weighted by Crippen LogP contribution is 2.33. The van der Waals surface area contributed by atoms with Crippen LogP contribution in [0.3, 0.4) is 0 Å². The molecule has 0 saturated heterocycles. The van der Waals surface area contributed by atoms with Crippen molar-refractivity contribution in [2.24, 2.45) is 5.92 Å². The molecular formula is C17H25N5O. The standard InChI is InChI=1S/C17H25N5O/c1-21-10-15(23)22(13-4-2-3-5-13)9-14-16(18-8-12-6-7-12)19-11-20-17(14)21/h11-13H,2-10H2,1H3,(H,18,19,20). The Labute approximate surface area is 137 Å². The fraction of sp³-hybridized carbons (Fsp3) is 0.706. The van der Waals surface area contributed by atoms with Gasteiger partial charge in [0.15, 0.2) is 0 Å². The fourth-order valence-electron chi connectivity index (χ4n) is 3.77. The number of aromatic nitrogens is 2. The summed E-state index contributed by atoms with van der Waals surface area (Å²) in [5.41, 5.74) is 1.08. The van der Waals surface area contributed by atoms with Crippen LogP contribution in [0.5, 0.6) is 0 Å². The summed E-state index contributed by atoms with van der Waals surface area (Å²) >= 11 is 0. The molecular weight excluding hydrogens is 290 g/mol. The molecule has 1 N–H and O–H groups in total. The van der Waals surface area contributed by atoms with E-state index in [1.54, 1.807) is 6.33 Å². The van der Waals surface area contributed by atoms with Crippen molar-refractivity contribution in [3.8, 4) is 0 Å². The molecule has 0 unspecified atom stereocenters. The highest BCUT2D eigenvalue weighted by atomic mass is 16.2. The number of nitrogens with zero attached hydrogens (tertiary/aromatic N) is 4. The van der Waals surface area contributed by atoms with Crippen LogP contribution < -0.4 is 10.2 Å². The third-order valence-corrected chi connectivity index (χ3v) is 5.33. The Kier molecular flexibility index (Phi) is 3.83. The number of amides is 1. The lowest BCUT2D eigenvalue weighted by atomic mass is 10.1. The zero-order valence-corrected chi connectivity index (χ0v) is 13.8. The van der Waals surface area contributed by atoms with Crippen LogP contribution in [0.25, 0.3) is 0 Å². The number of carbonyl (C=O) groups is 1. The molecule has 2 saturated carbocycles. The molecule has 1 amide bonds. The van der Waals surface area contributed by atoms with E-state index in [0.29, 0.717) is 19.1 Å². The van der Waals surface area contributed by atoms with Crippen LogP contribution >= 0.6 is 0 Å². The van der Waals surface area contributed by atoms with E-state index in [4.69, 9.17) is 0 Å². The van der Waals surface area contributed by atoms with E-state index in [-0.39, 0.29) is 5.91 Å². The van der Waals surface area contributed by atoms with Crippen LogP contribution in [0.1, 0.15) is 44.1 Å². The molecule has 6 nitrogen and oxygen atoms in total. The number of anilines is 2. The van der Waals surface area contributed by atoms with Crippen molar-refractivity contribution in [1.29, 1.82) is 0 Å². The molecule has 2 heterocycles. The molecule has 3 aliphatic rings. The molecule has 2 aliphatic carbocycles. The van der Waals surface area contributed by atoms with Crippen molar-refractivity contribution in [2.45, 2.75) is 51.1 Å². The topological polar surface area (TPSA) is 61.4 Å². The van der Waals surface area contributed by atoms with Gasteiger partial charge in [-0.1, -0.05) is 12.8 Å². The predicted octanol–water partition coefficient (Wildman–Crippen LogP) is 2.02. The van der Waals surface area contributed by atoms with Crippen LogP contribution in [0, 0.1) is 5.92 Å². The zero-order valence-electron chi connectivity index (χ0n) is 13.8. The fourth-order valence-corrected chi connectivity index (χ4v) is 3.77. The average molecular weight is 315 g/mol. The molecule has 23 heavy (non-hydrogen) atoms. The Morgan fingerprint density at radius 2 is 1.96 bits per heavy atom. The van der Waals surface area contributed by atoms with Crippen molar-refractivity contribution in [3.05, 3.63) is 11.9 Å². The van der Waals surface area contributed by atoms with Crippen molar-refractivity contribution in [1.82, 2.24) is 14.9 Å². The summed E-state index contributed by atoms with van der Waals surface area (Å²) in [6.07, 6.45) is 8.96. The van der Waals surface area contributed by atoms with Gasteiger partial charge in [0.25, 0.3) is 0 Å². The average Bonchev–Trinajstić information content (AvgIpc) is 3.25. The maximum absolute atomic E-state index is 12.7. The minimum Gasteiger partial charge on any atom is -0.369 e. The van der Waals surface area contributed by atoms with Gasteiger partial charge < -0.3 is 15.1 Å². The van der Waals surface area contributed by atoms with E-state index in [1.807, 2.05) is 11.9 Å². The third kappa shape index (κ3) is 2.99. The highest BCUT2D eigenvalue weighted by Gasteiger charge is 2.33. The van der Waals surface area contributed by atoms with Crippen molar-refractivity contribution in [3.63, 3.8) is 0 Å². The summed E-state index contributed by atoms with van der Waals surface area (Å²) in [6, 6.07) is 0.387. The third-order valence-electron chi connectivity index (χ3n) is 5.33. The smallest absolute Gasteiger partial charge is 0.242 e. The summed E-state index contributed by atoms with van der Waals surface area (Å²) < 4.78 is 0. The number of hydrogen-bond acceptors (Lipinski definition) is 5. The van der Waals surface area contributed by atoms with E-state index in [9.17, 15) is 4.79 Å². The van der Waals surface area contributed by atoms with Gasteiger partial charge in [0.1, 0.15) is 18.0 Å². The molecule has 6 heteroatoms. The Balaban J connectivity index is 1.63. The second-order valence-electron chi connectivity index (χ2n) is 7.16. The van der Waals surface area contributed by atoms with E-state index in [1.165, 1.54) is 25.7 Å². The molecule has 1 aromatic heterocycles. The second kappa shape index (κ2) is 5.98. The number of nitrogens with one attached hydrogen (secondary N) is 1. The molecule has 0 bridgehead atoms. The van der Waals surface area contributed by atoms with E-state index < -0.39 is 0 Å². The molecule has 4 rings (SSSR count). The lowest BCUT2D eigenvalue weighted by Crippen LogP contribution is -2.41. The summed E-state index contributed by atoms with van der Waals surface area (Å²) in [5.74, 6) is 2.81. The number of rotatable bonds is 4. The van der Waals surface area contributed by atoms with Crippen LogP contribution in [0.15, 0.2) is 6.33 Å². The first kappa shape index (κ1) is 14.7. The first-order valence-corrected chi connectivity index (χ1v) is 8.80. The lowest BCUT2D eigenvalue weighted by Gasteiger charge is -2.28. The maximum atomic E-state index is 12.7. The van der Waals surface area contributed by atoms with Gasteiger partial charge in [-0.3, -0.25) is 4.79 Å².